The predicted molar refractivity (Wildman–Crippen MR) is 105 cm³/mol. The van der Waals surface area contributed by atoms with E-state index in [1.165, 1.54) is 6.33 Å². The molecule has 0 saturated carbocycles. The molecule has 7 heteroatoms. The van der Waals surface area contributed by atoms with Crippen molar-refractivity contribution in [1.82, 2.24) is 9.97 Å². The summed E-state index contributed by atoms with van der Waals surface area (Å²) >= 11 is 0. The summed E-state index contributed by atoms with van der Waals surface area (Å²) < 4.78 is 16.0. The van der Waals surface area contributed by atoms with Crippen LogP contribution in [0, 0.1) is 0 Å². The Morgan fingerprint density at radius 1 is 0.778 bits per heavy atom. The van der Waals surface area contributed by atoms with Gasteiger partial charge in [0.1, 0.15) is 23.7 Å². The number of aromatic nitrogens is 2. The number of hydrogen-bond donors (Lipinski definition) is 2. The molecule has 0 amide bonds. The van der Waals surface area contributed by atoms with Gasteiger partial charge in [-0.15, -0.1) is 0 Å². The van der Waals surface area contributed by atoms with Crippen LogP contribution in [0.25, 0.3) is 0 Å². The summed E-state index contributed by atoms with van der Waals surface area (Å²) in [6, 6.07) is 15.3. The molecule has 0 fully saturated rings. The monoisotopic (exact) mass is 366 g/mol. The van der Waals surface area contributed by atoms with Gasteiger partial charge in [-0.3, -0.25) is 0 Å². The van der Waals surface area contributed by atoms with Crippen molar-refractivity contribution in [3.05, 3.63) is 60.4 Å². The van der Waals surface area contributed by atoms with E-state index in [4.69, 9.17) is 14.2 Å². The van der Waals surface area contributed by atoms with E-state index in [0.29, 0.717) is 29.7 Å². The van der Waals surface area contributed by atoms with Gasteiger partial charge in [-0.05, 0) is 18.2 Å². The zero-order valence-electron chi connectivity index (χ0n) is 15.5. The molecule has 1 heterocycles. The lowest BCUT2D eigenvalue weighted by atomic mass is 10.2. The maximum Gasteiger partial charge on any atom is 0.162 e. The Morgan fingerprint density at radius 2 is 1.52 bits per heavy atom. The van der Waals surface area contributed by atoms with Gasteiger partial charge in [0.05, 0.1) is 21.3 Å². The Kier molecular flexibility index (Phi) is 5.94. The standard InChI is InChI=1S/C20H22N4O3/c1-25-16-7-5-4-6-14(16)12-21-19-11-20(23-13-22-19)24-15-8-9-17(26-2)18(10-15)27-3/h4-11,13H,12H2,1-3H3,(H2,21,22,23,24). The molecule has 3 aromatic rings. The number of methoxy groups -OCH3 is 3. The number of nitrogens with zero attached hydrogens (tertiary/aromatic N) is 2. The van der Waals surface area contributed by atoms with Crippen molar-refractivity contribution < 1.29 is 14.2 Å². The zero-order chi connectivity index (χ0) is 19.1. The molecule has 0 aliphatic heterocycles. The SMILES string of the molecule is COc1ccccc1CNc1cc(Nc2ccc(OC)c(OC)c2)ncn1. The van der Waals surface area contributed by atoms with E-state index in [1.54, 1.807) is 21.3 Å². The summed E-state index contributed by atoms with van der Waals surface area (Å²) in [4.78, 5) is 8.53. The van der Waals surface area contributed by atoms with Gasteiger partial charge in [0.25, 0.3) is 0 Å². The average Bonchev–Trinajstić information content (AvgIpc) is 2.72. The number of anilines is 3. The van der Waals surface area contributed by atoms with Gasteiger partial charge in [0, 0.05) is 29.9 Å². The molecule has 0 spiro atoms. The highest BCUT2D eigenvalue weighted by Gasteiger charge is 2.07. The highest BCUT2D eigenvalue weighted by Crippen LogP contribution is 2.31. The van der Waals surface area contributed by atoms with Crippen LogP contribution in [0.2, 0.25) is 0 Å². The largest absolute Gasteiger partial charge is 0.496 e. The Bertz CT molecular complexity index is 902. The van der Waals surface area contributed by atoms with Crippen molar-refractivity contribution in [3.63, 3.8) is 0 Å². The summed E-state index contributed by atoms with van der Waals surface area (Å²) in [5.41, 5.74) is 1.88. The quantitative estimate of drug-likeness (QED) is 0.627. The van der Waals surface area contributed by atoms with Gasteiger partial charge >= 0.3 is 0 Å². The lowest BCUT2D eigenvalue weighted by molar-refractivity contribution is 0.355. The summed E-state index contributed by atoms with van der Waals surface area (Å²) in [6.07, 6.45) is 1.51. The van der Waals surface area contributed by atoms with Crippen molar-refractivity contribution in [3.8, 4) is 17.2 Å². The van der Waals surface area contributed by atoms with Crippen LogP contribution in [0.15, 0.2) is 54.9 Å². The fraction of sp³-hybridized carbons (Fsp3) is 0.200. The van der Waals surface area contributed by atoms with Crippen molar-refractivity contribution in [2.45, 2.75) is 6.54 Å². The van der Waals surface area contributed by atoms with E-state index < -0.39 is 0 Å². The van der Waals surface area contributed by atoms with Crippen LogP contribution in [-0.4, -0.2) is 31.3 Å². The first-order valence-corrected chi connectivity index (χ1v) is 8.40. The average molecular weight is 366 g/mol. The number of nitrogens with one attached hydrogen (secondary N) is 2. The molecule has 0 atom stereocenters. The third-order valence-electron chi connectivity index (χ3n) is 3.98. The minimum absolute atomic E-state index is 0.594. The van der Waals surface area contributed by atoms with Gasteiger partial charge in [0.2, 0.25) is 0 Å². The minimum Gasteiger partial charge on any atom is -0.496 e. The Hall–Kier alpha value is -3.48. The molecule has 0 unspecified atom stereocenters. The number of rotatable bonds is 8. The normalized spacial score (nSPS) is 10.2. The van der Waals surface area contributed by atoms with Crippen LogP contribution >= 0.6 is 0 Å². The lowest BCUT2D eigenvalue weighted by Gasteiger charge is -2.12. The summed E-state index contributed by atoms with van der Waals surface area (Å²) in [6.45, 7) is 0.594. The van der Waals surface area contributed by atoms with Crippen LogP contribution in [0.1, 0.15) is 5.56 Å². The van der Waals surface area contributed by atoms with Crippen LogP contribution in [0.3, 0.4) is 0 Å². The van der Waals surface area contributed by atoms with E-state index in [9.17, 15) is 0 Å². The number of para-hydroxylation sites is 1. The first kappa shape index (κ1) is 18.3. The lowest BCUT2D eigenvalue weighted by Crippen LogP contribution is -2.04. The summed E-state index contributed by atoms with van der Waals surface area (Å²) in [7, 11) is 4.87. The predicted octanol–water partition coefficient (Wildman–Crippen LogP) is 3.86. The first-order valence-electron chi connectivity index (χ1n) is 8.40. The molecule has 0 radical (unpaired) electrons. The molecule has 27 heavy (non-hydrogen) atoms. The summed E-state index contributed by atoms with van der Waals surface area (Å²) in [5, 5.41) is 6.53. The van der Waals surface area contributed by atoms with E-state index in [2.05, 4.69) is 20.6 Å². The molecule has 140 valence electrons. The maximum absolute atomic E-state index is 5.37. The topological polar surface area (TPSA) is 77.5 Å². The van der Waals surface area contributed by atoms with Crippen molar-refractivity contribution in [2.75, 3.05) is 32.0 Å². The molecule has 1 aromatic heterocycles. The second kappa shape index (κ2) is 8.75. The third-order valence-corrected chi connectivity index (χ3v) is 3.98. The molecule has 0 bridgehead atoms. The summed E-state index contributed by atoms with van der Waals surface area (Å²) in [5.74, 6) is 3.53. The highest BCUT2D eigenvalue weighted by atomic mass is 16.5. The van der Waals surface area contributed by atoms with Gasteiger partial charge in [-0.1, -0.05) is 18.2 Å². The van der Waals surface area contributed by atoms with Crippen LogP contribution in [-0.2, 0) is 6.54 Å². The van der Waals surface area contributed by atoms with Gasteiger partial charge in [0.15, 0.2) is 11.5 Å². The zero-order valence-corrected chi connectivity index (χ0v) is 15.5. The maximum atomic E-state index is 5.37. The van der Waals surface area contributed by atoms with E-state index in [1.807, 2.05) is 48.5 Å². The molecule has 0 aliphatic rings. The third kappa shape index (κ3) is 4.58. The Balaban J connectivity index is 1.70. The molecule has 7 nitrogen and oxygen atoms in total. The number of ether oxygens (including phenoxy) is 3. The molecule has 2 aromatic carbocycles. The van der Waals surface area contributed by atoms with E-state index >= 15 is 0 Å². The molecule has 0 saturated heterocycles. The second-order valence-electron chi connectivity index (χ2n) is 5.65. The van der Waals surface area contributed by atoms with E-state index in [0.717, 1.165) is 17.0 Å². The number of hydrogen-bond acceptors (Lipinski definition) is 7. The minimum atomic E-state index is 0.594. The highest BCUT2D eigenvalue weighted by molar-refractivity contribution is 5.63. The number of benzene rings is 2. The fourth-order valence-electron chi connectivity index (χ4n) is 2.62. The van der Waals surface area contributed by atoms with Crippen LogP contribution in [0.5, 0.6) is 17.2 Å². The Morgan fingerprint density at radius 3 is 2.30 bits per heavy atom. The van der Waals surface area contributed by atoms with E-state index in [-0.39, 0.29) is 0 Å². The molecule has 3 rings (SSSR count). The first-order chi connectivity index (χ1) is 13.2. The fourth-order valence-corrected chi connectivity index (χ4v) is 2.62. The molecular formula is C20H22N4O3. The van der Waals surface area contributed by atoms with Crippen molar-refractivity contribution in [2.24, 2.45) is 0 Å². The van der Waals surface area contributed by atoms with Crippen molar-refractivity contribution >= 4 is 17.3 Å². The smallest absolute Gasteiger partial charge is 0.162 e. The van der Waals surface area contributed by atoms with Crippen molar-refractivity contribution in [1.29, 1.82) is 0 Å². The van der Waals surface area contributed by atoms with Crippen LogP contribution < -0.4 is 24.8 Å². The second-order valence-corrected chi connectivity index (χ2v) is 5.65. The van der Waals surface area contributed by atoms with Gasteiger partial charge in [-0.25, -0.2) is 9.97 Å². The molecule has 2 N–H and O–H groups in total. The molecular weight excluding hydrogens is 344 g/mol. The molecule has 0 aliphatic carbocycles. The van der Waals surface area contributed by atoms with Gasteiger partial charge in [-0.2, -0.15) is 0 Å². The Labute approximate surface area is 158 Å². The van der Waals surface area contributed by atoms with Gasteiger partial charge < -0.3 is 24.8 Å². The van der Waals surface area contributed by atoms with Crippen LogP contribution in [0.4, 0.5) is 17.3 Å².